The summed E-state index contributed by atoms with van der Waals surface area (Å²) in [6.07, 6.45) is 3.77. The molecule has 1 fully saturated rings. The van der Waals surface area contributed by atoms with Gasteiger partial charge in [-0.05, 0) is 37.8 Å². The van der Waals surface area contributed by atoms with Crippen LogP contribution in [-0.2, 0) is 0 Å². The van der Waals surface area contributed by atoms with Crippen LogP contribution in [0.5, 0.6) is 0 Å². The van der Waals surface area contributed by atoms with Crippen LogP contribution in [0.4, 0.5) is 5.69 Å². The van der Waals surface area contributed by atoms with Gasteiger partial charge in [0, 0.05) is 16.6 Å². The molecule has 1 aromatic heterocycles. The molecule has 0 atom stereocenters. The molecule has 1 aliphatic carbocycles. The molecule has 4 heteroatoms. The number of hydrogen-bond donors (Lipinski definition) is 2. The van der Waals surface area contributed by atoms with E-state index < -0.39 is 0 Å². The summed E-state index contributed by atoms with van der Waals surface area (Å²) in [6.45, 7) is 2.82. The van der Waals surface area contributed by atoms with E-state index in [0.717, 1.165) is 16.6 Å². The predicted molar refractivity (Wildman–Crippen MR) is 80.6 cm³/mol. The van der Waals surface area contributed by atoms with Gasteiger partial charge in [0.05, 0.1) is 5.69 Å². The van der Waals surface area contributed by atoms with Crippen LogP contribution in [0.2, 0.25) is 0 Å². The number of carbonyl (C=O) groups excluding carboxylic acids is 1. The standard InChI is InChI=1S/C15H18N2OS/c1-9-5-6-12-11(7-9)13(16)14(19-12)15(18)17-8-10-3-2-4-10/h5-7,10H,2-4,8,16H2,1H3,(H,17,18). The molecule has 0 saturated heterocycles. The van der Waals surface area contributed by atoms with Crippen molar-refractivity contribution in [2.24, 2.45) is 5.92 Å². The highest BCUT2D eigenvalue weighted by molar-refractivity contribution is 7.21. The Morgan fingerprint density at radius 3 is 2.95 bits per heavy atom. The second kappa shape index (κ2) is 4.85. The van der Waals surface area contributed by atoms with Gasteiger partial charge >= 0.3 is 0 Å². The lowest BCUT2D eigenvalue weighted by atomic mass is 9.85. The Morgan fingerprint density at radius 2 is 2.26 bits per heavy atom. The van der Waals surface area contributed by atoms with Crippen LogP contribution >= 0.6 is 11.3 Å². The molecule has 0 aliphatic heterocycles. The smallest absolute Gasteiger partial charge is 0.263 e. The zero-order chi connectivity index (χ0) is 13.4. The molecule has 1 heterocycles. The second-order valence-electron chi connectivity index (χ2n) is 5.35. The number of hydrogen-bond acceptors (Lipinski definition) is 3. The van der Waals surface area contributed by atoms with Crippen LogP contribution in [-0.4, -0.2) is 12.5 Å². The molecular weight excluding hydrogens is 256 g/mol. The summed E-state index contributed by atoms with van der Waals surface area (Å²) in [5, 5.41) is 4.01. The highest BCUT2D eigenvalue weighted by atomic mass is 32.1. The average Bonchev–Trinajstić information content (AvgIpc) is 2.65. The minimum atomic E-state index is -0.0248. The van der Waals surface area contributed by atoms with E-state index in [2.05, 4.69) is 5.32 Å². The number of rotatable bonds is 3. The first-order valence-corrected chi connectivity index (χ1v) is 7.53. The highest BCUT2D eigenvalue weighted by Crippen LogP contribution is 2.34. The number of carbonyl (C=O) groups is 1. The Hall–Kier alpha value is -1.55. The van der Waals surface area contributed by atoms with Gasteiger partial charge in [0.15, 0.2) is 0 Å². The van der Waals surface area contributed by atoms with Crippen molar-refractivity contribution < 1.29 is 4.79 Å². The zero-order valence-corrected chi connectivity index (χ0v) is 11.8. The van der Waals surface area contributed by atoms with Crippen molar-refractivity contribution in [3.63, 3.8) is 0 Å². The minimum absolute atomic E-state index is 0.0248. The summed E-state index contributed by atoms with van der Waals surface area (Å²) < 4.78 is 1.08. The van der Waals surface area contributed by atoms with Gasteiger partial charge in [-0.15, -0.1) is 11.3 Å². The highest BCUT2D eigenvalue weighted by Gasteiger charge is 2.20. The van der Waals surface area contributed by atoms with Gasteiger partial charge < -0.3 is 11.1 Å². The van der Waals surface area contributed by atoms with Crippen LogP contribution in [0.3, 0.4) is 0 Å². The predicted octanol–water partition coefficient (Wildman–Crippen LogP) is 3.32. The molecule has 19 heavy (non-hydrogen) atoms. The second-order valence-corrected chi connectivity index (χ2v) is 6.40. The lowest BCUT2D eigenvalue weighted by Gasteiger charge is -2.25. The van der Waals surface area contributed by atoms with Crippen molar-refractivity contribution in [1.29, 1.82) is 0 Å². The van der Waals surface area contributed by atoms with Gasteiger partial charge in [-0.25, -0.2) is 0 Å². The fourth-order valence-electron chi connectivity index (χ4n) is 2.41. The Labute approximate surface area is 116 Å². The van der Waals surface area contributed by atoms with Crippen molar-refractivity contribution in [3.8, 4) is 0 Å². The average molecular weight is 274 g/mol. The summed E-state index contributed by atoms with van der Waals surface area (Å²) in [7, 11) is 0. The van der Waals surface area contributed by atoms with Crippen LogP contribution < -0.4 is 11.1 Å². The molecular formula is C15H18N2OS. The molecule has 1 amide bonds. The Kier molecular flexibility index (Phi) is 3.19. The van der Waals surface area contributed by atoms with Gasteiger partial charge in [0.1, 0.15) is 4.88 Å². The van der Waals surface area contributed by atoms with Gasteiger partial charge in [0.2, 0.25) is 0 Å². The molecule has 3 rings (SSSR count). The molecule has 1 saturated carbocycles. The van der Waals surface area contributed by atoms with Gasteiger partial charge in [-0.3, -0.25) is 4.79 Å². The topological polar surface area (TPSA) is 55.1 Å². The molecule has 0 unspecified atom stereocenters. The maximum absolute atomic E-state index is 12.2. The first-order valence-electron chi connectivity index (χ1n) is 6.72. The van der Waals surface area contributed by atoms with Crippen molar-refractivity contribution >= 4 is 33.0 Å². The van der Waals surface area contributed by atoms with E-state index in [1.807, 2.05) is 25.1 Å². The quantitative estimate of drug-likeness (QED) is 0.902. The number of benzene rings is 1. The van der Waals surface area contributed by atoms with Crippen LogP contribution in [0.15, 0.2) is 18.2 Å². The summed E-state index contributed by atoms with van der Waals surface area (Å²) in [5.41, 5.74) is 7.90. The van der Waals surface area contributed by atoms with E-state index in [1.165, 1.54) is 36.2 Å². The fourth-order valence-corrected chi connectivity index (χ4v) is 3.43. The summed E-state index contributed by atoms with van der Waals surface area (Å²) >= 11 is 1.48. The van der Waals surface area contributed by atoms with Crippen molar-refractivity contribution in [1.82, 2.24) is 5.32 Å². The molecule has 1 aliphatic rings. The van der Waals surface area contributed by atoms with Gasteiger partial charge in [0.25, 0.3) is 5.91 Å². The number of aryl methyl sites for hydroxylation is 1. The van der Waals surface area contributed by atoms with Crippen molar-refractivity contribution in [2.45, 2.75) is 26.2 Å². The molecule has 0 bridgehead atoms. The lowest BCUT2D eigenvalue weighted by Crippen LogP contribution is -2.32. The van der Waals surface area contributed by atoms with E-state index in [1.54, 1.807) is 0 Å². The maximum atomic E-state index is 12.2. The molecule has 100 valence electrons. The number of nitrogens with two attached hydrogens (primary N) is 1. The SMILES string of the molecule is Cc1ccc2sc(C(=O)NCC3CCC3)c(N)c2c1. The van der Waals surface area contributed by atoms with E-state index in [9.17, 15) is 4.79 Å². The molecule has 1 aromatic carbocycles. The first kappa shape index (κ1) is 12.5. The number of thiophene rings is 1. The molecule has 3 nitrogen and oxygen atoms in total. The van der Waals surface area contributed by atoms with E-state index in [-0.39, 0.29) is 5.91 Å². The van der Waals surface area contributed by atoms with E-state index in [0.29, 0.717) is 16.5 Å². The third kappa shape index (κ3) is 2.32. The Bertz CT molecular complexity index is 628. The number of fused-ring (bicyclic) bond motifs is 1. The maximum Gasteiger partial charge on any atom is 0.263 e. The third-order valence-corrected chi connectivity index (χ3v) is 5.05. The third-order valence-electron chi connectivity index (χ3n) is 3.86. The molecule has 2 aromatic rings. The van der Waals surface area contributed by atoms with Gasteiger partial charge in [-0.2, -0.15) is 0 Å². The summed E-state index contributed by atoms with van der Waals surface area (Å²) in [4.78, 5) is 12.8. The van der Waals surface area contributed by atoms with Crippen LogP contribution in [0.25, 0.3) is 10.1 Å². The molecule has 0 spiro atoms. The largest absolute Gasteiger partial charge is 0.397 e. The van der Waals surface area contributed by atoms with Crippen molar-refractivity contribution in [3.05, 3.63) is 28.6 Å². The summed E-state index contributed by atoms with van der Waals surface area (Å²) in [5.74, 6) is 0.644. The number of anilines is 1. The summed E-state index contributed by atoms with van der Waals surface area (Å²) in [6, 6.07) is 6.13. The molecule has 0 radical (unpaired) electrons. The fraction of sp³-hybridized carbons (Fsp3) is 0.400. The van der Waals surface area contributed by atoms with E-state index >= 15 is 0 Å². The Morgan fingerprint density at radius 1 is 1.47 bits per heavy atom. The normalized spacial score (nSPS) is 15.4. The number of amides is 1. The zero-order valence-electron chi connectivity index (χ0n) is 11.0. The van der Waals surface area contributed by atoms with Crippen molar-refractivity contribution in [2.75, 3.05) is 12.3 Å². The van der Waals surface area contributed by atoms with Gasteiger partial charge in [-0.1, -0.05) is 18.1 Å². The van der Waals surface area contributed by atoms with Crippen LogP contribution in [0, 0.1) is 12.8 Å². The minimum Gasteiger partial charge on any atom is -0.397 e. The monoisotopic (exact) mass is 274 g/mol. The molecule has 3 N–H and O–H groups in total. The number of nitrogens with one attached hydrogen (secondary N) is 1. The first-order chi connectivity index (χ1) is 9.15. The Balaban J connectivity index is 1.83. The lowest BCUT2D eigenvalue weighted by molar-refractivity contribution is 0.0944. The van der Waals surface area contributed by atoms with Crippen LogP contribution in [0.1, 0.15) is 34.5 Å². The number of nitrogen functional groups attached to an aromatic ring is 1. The van der Waals surface area contributed by atoms with E-state index in [4.69, 9.17) is 5.73 Å².